The maximum Gasteiger partial charge on any atom is 0.107 e. The SMILES string of the molecule is CCN1CCCCC(N)C1c1cc(Br)c(Cl)s1. The van der Waals surface area contributed by atoms with Crippen LogP contribution >= 0.6 is 38.9 Å². The number of rotatable bonds is 2. The Kier molecular flexibility index (Phi) is 4.89. The van der Waals surface area contributed by atoms with Crippen LogP contribution in [0.2, 0.25) is 4.34 Å². The smallest absolute Gasteiger partial charge is 0.107 e. The number of hydrogen-bond acceptors (Lipinski definition) is 3. The predicted octanol–water partition coefficient (Wildman–Crippen LogP) is 4.04. The number of thiophene rings is 1. The first-order valence-corrected chi connectivity index (χ1v) is 8.06. The molecule has 2 atom stereocenters. The van der Waals surface area contributed by atoms with E-state index in [-0.39, 0.29) is 6.04 Å². The summed E-state index contributed by atoms with van der Waals surface area (Å²) in [5.74, 6) is 0. The van der Waals surface area contributed by atoms with Crippen LogP contribution in [0.5, 0.6) is 0 Å². The highest BCUT2D eigenvalue weighted by molar-refractivity contribution is 9.10. The number of likely N-dealkylation sites (tertiary alicyclic amines) is 1. The van der Waals surface area contributed by atoms with Crippen molar-refractivity contribution in [3.8, 4) is 0 Å². The van der Waals surface area contributed by atoms with Gasteiger partial charge < -0.3 is 5.73 Å². The largest absolute Gasteiger partial charge is 0.326 e. The molecule has 0 amide bonds. The summed E-state index contributed by atoms with van der Waals surface area (Å²) >= 11 is 11.3. The lowest BCUT2D eigenvalue weighted by molar-refractivity contribution is 0.198. The molecule has 2 rings (SSSR count). The van der Waals surface area contributed by atoms with Crippen molar-refractivity contribution in [2.75, 3.05) is 13.1 Å². The van der Waals surface area contributed by atoms with Crippen molar-refractivity contribution < 1.29 is 0 Å². The summed E-state index contributed by atoms with van der Waals surface area (Å²) in [5, 5.41) is 0. The zero-order chi connectivity index (χ0) is 12.4. The van der Waals surface area contributed by atoms with Crippen molar-refractivity contribution in [3.63, 3.8) is 0 Å². The normalized spacial score (nSPS) is 27.1. The molecule has 2 heterocycles. The van der Waals surface area contributed by atoms with Gasteiger partial charge in [-0.25, -0.2) is 0 Å². The van der Waals surface area contributed by atoms with Crippen molar-refractivity contribution in [1.82, 2.24) is 4.90 Å². The molecular weight excluding hydrogens is 320 g/mol. The van der Waals surface area contributed by atoms with E-state index in [1.807, 2.05) is 0 Å². The van der Waals surface area contributed by atoms with E-state index in [4.69, 9.17) is 17.3 Å². The first kappa shape index (κ1) is 13.8. The maximum absolute atomic E-state index is 6.34. The number of nitrogens with two attached hydrogens (primary N) is 1. The summed E-state index contributed by atoms with van der Waals surface area (Å²) in [6.07, 6.45) is 3.58. The molecule has 17 heavy (non-hydrogen) atoms. The fourth-order valence-electron chi connectivity index (χ4n) is 2.52. The van der Waals surface area contributed by atoms with Crippen LogP contribution in [0, 0.1) is 0 Å². The van der Waals surface area contributed by atoms with Gasteiger partial charge in [-0.3, -0.25) is 4.90 Å². The van der Waals surface area contributed by atoms with Crippen LogP contribution in [0.25, 0.3) is 0 Å². The molecule has 0 spiro atoms. The number of halogens is 2. The van der Waals surface area contributed by atoms with Crippen molar-refractivity contribution in [1.29, 1.82) is 0 Å². The molecule has 0 bridgehead atoms. The molecule has 1 aliphatic heterocycles. The Balaban J connectivity index is 2.30. The van der Waals surface area contributed by atoms with Gasteiger partial charge in [-0.15, -0.1) is 11.3 Å². The van der Waals surface area contributed by atoms with E-state index >= 15 is 0 Å². The summed E-state index contributed by atoms with van der Waals surface area (Å²) < 4.78 is 1.82. The lowest BCUT2D eigenvalue weighted by atomic mass is 10.0. The molecule has 1 aliphatic rings. The fraction of sp³-hybridized carbons (Fsp3) is 0.667. The van der Waals surface area contributed by atoms with E-state index in [0.717, 1.165) is 28.3 Å². The van der Waals surface area contributed by atoms with Crippen LogP contribution in [-0.4, -0.2) is 24.0 Å². The Hall–Kier alpha value is 0.390. The van der Waals surface area contributed by atoms with Crippen LogP contribution in [0.1, 0.15) is 37.1 Å². The molecule has 0 aromatic carbocycles. The minimum absolute atomic E-state index is 0.221. The minimum atomic E-state index is 0.221. The number of hydrogen-bond donors (Lipinski definition) is 1. The van der Waals surface area contributed by atoms with E-state index < -0.39 is 0 Å². The highest BCUT2D eigenvalue weighted by Gasteiger charge is 2.29. The van der Waals surface area contributed by atoms with Gasteiger partial charge in [0.15, 0.2) is 0 Å². The Morgan fingerprint density at radius 3 is 2.94 bits per heavy atom. The molecule has 1 aromatic rings. The quantitative estimate of drug-likeness (QED) is 0.882. The molecule has 1 aromatic heterocycles. The molecule has 96 valence electrons. The number of nitrogens with zero attached hydrogens (tertiary/aromatic N) is 1. The molecule has 2 unspecified atom stereocenters. The van der Waals surface area contributed by atoms with Crippen LogP contribution < -0.4 is 5.73 Å². The van der Waals surface area contributed by atoms with E-state index in [0.29, 0.717) is 6.04 Å². The van der Waals surface area contributed by atoms with E-state index in [2.05, 4.69) is 33.8 Å². The summed E-state index contributed by atoms with van der Waals surface area (Å²) in [6.45, 7) is 4.39. The lowest BCUT2D eigenvalue weighted by Crippen LogP contribution is -2.39. The van der Waals surface area contributed by atoms with Gasteiger partial charge in [-0.2, -0.15) is 0 Å². The molecule has 0 saturated carbocycles. The average molecular weight is 338 g/mol. The monoisotopic (exact) mass is 336 g/mol. The van der Waals surface area contributed by atoms with Crippen LogP contribution in [-0.2, 0) is 0 Å². The summed E-state index contributed by atoms with van der Waals surface area (Å²) in [6, 6.07) is 2.68. The molecule has 1 saturated heterocycles. The molecule has 2 nitrogen and oxygen atoms in total. The first-order chi connectivity index (χ1) is 8.13. The molecular formula is C12H18BrClN2S. The summed E-state index contributed by atoms with van der Waals surface area (Å²) in [5.41, 5.74) is 6.34. The molecule has 5 heteroatoms. The van der Waals surface area contributed by atoms with Gasteiger partial charge in [0, 0.05) is 15.4 Å². The van der Waals surface area contributed by atoms with Gasteiger partial charge in [0.2, 0.25) is 0 Å². The molecule has 2 N–H and O–H groups in total. The second-order valence-electron chi connectivity index (χ2n) is 4.50. The molecule has 1 fully saturated rings. The standard InChI is InChI=1S/C12H18BrClN2S/c1-2-16-6-4-3-5-9(15)11(16)10-7-8(13)12(14)17-10/h7,9,11H,2-6,15H2,1H3. The minimum Gasteiger partial charge on any atom is -0.326 e. The summed E-state index contributed by atoms with van der Waals surface area (Å²) in [4.78, 5) is 3.77. The van der Waals surface area contributed by atoms with Gasteiger partial charge in [0.25, 0.3) is 0 Å². The highest BCUT2D eigenvalue weighted by Crippen LogP contribution is 2.39. The number of likely N-dealkylation sites (N-methyl/N-ethyl adjacent to an activating group) is 1. The van der Waals surface area contributed by atoms with Crippen LogP contribution in [0.3, 0.4) is 0 Å². The zero-order valence-electron chi connectivity index (χ0n) is 9.96. The van der Waals surface area contributed by atoms with Gasteiger partial charge in [0.05, 0.1) is 6.04 Å². The Morgan fingerprint density at radius 2 is 2.35 bits per heavy atom. The van der Waals surface area contributed by atoms with Gasteiger partial charge >= 0.3 is 0 Å². The lowest BCUT2D eigenvalue weighted by Gasteiger charge is -2.31. The van der Waals surface area contributed by atoms with Crippen molar-refractivity contribution >= 4 is 38.9 Å². The van der Waals surface area contributed by atoms with E-state index in [9.17, 15) is 0 Å². The molecule has 0 aliphatic carbocycles. The third kappa shape index (κ3) is 3.04. The highest BCUT2D eigenvalue weighted by atomic mass is 79.9. The van der Waals surface area contributed by atoms with Crippen molar-refractivity contribution in [3.05, 3.63) is 19.8 Å². The topological polar surface area (TPSA) is 29.3 Å². The predicted molar refractivity (Wildman–Crippen MR) is 78.8 cm³/mol. The fourth-order valence-corrected chi connectivity index (χ4v) is 4.47. The van der Waals surface area contributed by atoms with Crippen molar-refractivity contribution in [2.24, 2.45) is 5.73 Å². The Bertz CT molecular complexity index is 363. The van der Waals surface area contributed by atoms with E-state index in [1.165, 1.54) is 17.7 Å². The maximum atomic E-state index is 6.34. The third-order valence-corrected chi connectivity index (χ3v) is 5.94. The Morgan fingerprint density at radius 1 is 1.59 bits per heavy atom. The average Bonchev–Trinajstić information content (AvgIpc) is 2.51. The van der Waals surface area contributed by atoms with Crippen molar-refractivity contribution in [2.45, 2.75) is 38.3 Å². The second-order valence-corrected chi connectivity index (χ2v) is 7.04. The van der Waals surface area contributed by atoms with Crippen LogP contribution in [0.15, 0.2) is 10.5 Å². The second kappa shape index (κ2) is 6.02. The third-order valence-electron chi connectivity index (χ3n) is 3.39. The zero-order valence-corrected chi connectivity index (χ0v) is 13.1. The van der Waals surface area contributed by atoms with Gasteiger partial charge in [-0.05, 0) is 47.9 Å². The molecule has 0 radical (unpaired) electrons. The summed E-state index contributed by atoms with van der Waals surface area (Å²) in [7, 11) is 0. The van der Waals surface area contributed by atoms with Crippen LogP contribution in [0.4, 0.5) is 0 Å². The van der Waals surface area contributed by atoms with Gasteiger partial charge in [-0.1, -0.05) is 24.9 Å². The van der Waals surface area contributed by atoms with Gasteiger partial charge in [0.1, 0.15) is 4.34 Å². The Labute approximate surface area is 120 Å². The first-order valence-electron chi connectivity index (χ1n) is 6.07. The van der Waals surface area contributed by atoms with E-state index in [1.54, 1.807) is 11.3 Å².